The molecule has 1 aromatic heterocycles. The number of rotatable bonds is 4. The fourth-order valence-electron chi connectivity index (χ4n) is 2.40. The lowest BCUT2D eigenvalue weighted by atomic mass is 10.1. The van der Waals surface area contributed by atoms with E-state index in [4.69, 9.17) is 4.42 Å². The van der Waals surface area contributed by atoms with Crippen molar-refractivity contribution in [1.82, 2.24) is 0 Å². The molecule has 3 aromatic rings. The first-order valence-corrected chi connectivity index (χ1v) is 8.15. The van der Waals surface area contributed by atoms with Crippen LogP contribution in [0.2, 0.25) is 0 Å². The second kappa shape index (κ2) is 6.81. The molecular weight excluding hydrogens is 316 g/mol. The van der Waals surface area contributed by atoms with Crippen LogP contribution in [0.5, 0.6) is 0 Å². The number of furan rings is 1. The average Bonchev–Trinajstić information content (AvgIpc) is 3.02. The Hall–Kier alpha value is -3.08. The highest BCUT2D eigenvalue weighted by Gasteiger charge is 2.14. The lowest BCUT2D eigenvalue weighted by Gasteiger charge is -2.12. The van der Waals surface area contributed by atoms with Gasteiger partial charge in [-0.3, -0.25) is 9.59 Å². The lowest BCUT2D eigenvalue weighted by Crippen LogP contribution is -2.18. The summed E-state index contributed by atoms with van der Waals surface area (Å²) in [7, 11) is 0. The van der Waals surface area contributed by atoms with Crippen LogP contribution in [0.3, 0.4) is 0 Å². The van der Waals surface area contributed by atoms with E-state index in [-0.39, 0.29) is 23.5 Å². The number of nitrogens with one attached hydrogen (secondary N) is 2. The van der Waals surface area contributed by atoms with Crippen molar-refractivity contribution in [1.29, 1.82) is 0 Å². The van der Waals surface area contributed by atoms with Crippen molar-refractivity contribution in [2.24, 2.45) is 5.92 Å². The second-order valence-corrected chi connectivity index (χ2v) is 6.28. The normalized spacial score (nSPS) is 10.9. The van der Waals surface area contributed by atoms with Crippen molar-refractivity contribution in [2.45, 2.75) is 20.8 Å². The summed E-state index contributed by atoms with van der Waals surface area (Å²) in [5.41, 5.74) is 2.84. The van der Waals surface area contributed by atoms with Gasteiger partial charge in [-0.2, -0.15) is 0 Å². The number of hydrogen-bond donors (Lipinski definition) is 2. The van der Waals surface area contributed by atoms with Crippen molar-refractivity contribution in [3.63, 3.8) is 0 Å². The summed E-state index contributed by atoms with van der Waals surface area (Å²) in [5.74, 6) is -0.267. The molecule has 2 amide bonds. The van der Waals surface area contributed by atoms with E-state index in [1.807, 2.05) is 57.2 Å². The van der Waals surface area contributed by atoms with E-state index >= 15 is 0 Å². The topological polar surface area (TPSA) is 71.3 Å². The molecule has 1 heterocycles. The molecule has 25 heavy (non-hydrogen) atoms. The third-order valence-corrected chi connectivity index (χ3v) is 3.93. The number of benzene rings is 2. The van der Waals surface area contributed by atoms with Crippen molar-refractivity contribution < 1.29 is 14.0 Å². The molecule has 2 aromatic carbocycles. The number of carbonyl (C=O) groups excluding carboxylic acids is 2. The van der Waals surface area contributed by atoms with Crippen LogP contribution in [0.4, 0.5) is 11.4 Å². The lowest BCUT2D eigenvalue weighted by molar-refractivity contribution is -0.118. The molecular formula is C20H20N2O3. The van der Waals surface area contributed by atoms with Gasteiger partial charge in [0.1, 0.15) is 5.58 Å². The molecule has 2 N–H and O–H groups in total. The van der Waals surface area contributed by atoms with Gasteiger partial charge in [0.25, 0.3) is 5.91 Å². The van der Waals surface area contributed by atoms with Gasteiger partial charge in [-0.1, -0.05) is 38.1 Å². The fourth-order valence-corrected chi connectivity index (χ4v) is 2.40. The Morgan fingerprint density at radius 2 is 1.76 bits per heavy atom. The number of hydrogen-bond acceptors (Lipinski definition) is 3. The highest BCUT2D eigenvalue weighted by Crippen LogP contribution is 2.23. The minimum absolute atomic E-state index is 0.0709. The van der Waals surface area contributed by atoms with Crippen LogP contribution in [0.1, 0.15) is 30.0 Å². The molecule has 0 bridgehead atoms. The molecule has 0 aliphatic heterocycles. The predicted molar refractivity (Wildman–Crippen MR) is 98.8 cm³/mol. The quantitative estimate of drug-likeness (QED) is 0.732. The van der Waals surface area contributed by atoms with Crippen molar-refractivity contribution >= 4 is 34.2 Å². The number of para-hydroxylation sites is 1. The number of carbonyl (C=O) groups is 2. The summed E-state index contributed by atoms with van der Waals surface area (Å²) in [6.07, 6.45) is 0. The maximum absolute atomic E-state index is 12.5. The zero-order valence-corrected chi connectivity index (χ0v) is 14.4. The summed E-state index contributed by atoms with van der Waals surface area (Å²) in [6, 6.07) is 14.6. The van der Waals surface area contributed by atoms with Crippen LogP contribution >= 0.6 is 0 Å². The molecule has 0 radical (unpaired) electrons. The van der Waals surface area contributed by atoms with Crippen molar-refractivity contribution in [3.05, 3.63) is 59.9 Å². The molecule has 0 saturated heterocycles. The largest absolute Gasteiger partial charge is 0.451 e. The van der Waals surface area contributed by atoms with Crippen LogP contribution in [-0.2, 0) is 4.79 Å². The van der Waals surface area contributed by atoms with Gasteiger partial charge in [-0.05, 0) is 36.8 Å². The van der Waals surface area contributed by atoms with Gasteiger partial charge in [0.05, 0.1) is 0 Å². The number of anilines is 2. The molecule has 0 saturated carbocycles. The van der Waals surface area contributed by atoms with E-state index < -0.39 is 0 Å². The Bertz CT molecular complexity index is 908. The maximum Gasteiger partial charge on any atom is 0.291 e. The minimum atomic E-state index is -0.327. The highest BCUT2D eigenvalue weighted by atomic mass is 16.3. The molecule has 128 valence electrons. The fraction of sp³-hybridized carbons (Fsp3) is 0.200. The van der Waals surface area contributed by atoms with E-state index in [1.54, 1.807) is 12.1 Å². The average molecular weight is 336 g/mol. The minimum Gasteiger partial charge on any atom is -0.451 e. The molecule has 0 unspecified atom stereocenters. The third-order valence-electron chi connectivity index (χ3n) is 3.93. The number of fused-ring (bicyclic) bond motifs is 1. The predicted octanol–water partition coefficient (Wildman–Crippen LogP) is 4.59. The summed E-state index contributed by atoms with van der Waals surface area (Å²) in [6.45, 7) is 5.55. The maximum atomic E-state index is 12.5. The number of aryl methyl sites for hydroxylation is 1. The SMILES string of the molecule is Cc1ccc(NC(=O)C(C)C)cc1NC(=O)c1cc2ccccc2o1. The van der Waals surface area contributed by atoms with Crippen LogP contribution in [-0.4, -0.2) is 11.8 Å². The highest BCUT2D eigenvalue weighted by molar-refractivity contribution is 6.05. The standard InChI is InChI=1S/C20H20N2O3/c1-12(2)19(23)21-15-9-8-13(3)16(11-15)22-20(24)18-10-14-6-4-5-7-17(14)25-18/h4-12H,1-3H3,(H,21,23)(H,22,24). The zero-order valence-electron chi connectivity index (χ0n) is 14.4. The van der Waals surface area contributed by atoms with E-state index in [9.17, 15) is 9.59 Å². The number of amides is 2. The van der Waals surface area contributed by atoms with Crippen LogP contribution in [0.15, 0.2) is 52.9 Å². The van der Waals surface area contributed by atoms with Gasteiger partial charge in [-0.25, -0.2) is 0 Å². The molecule has 0 aliphatic carbocycles. The second-order valence-electron chi connectivity index (χ2n) is 6.28. The van der Waals surface area contributed by atoms with Gasteiger partial charge >= 0.3 is 0 Å². The van der Waals surface area contributed by atoms with E-state index in [2.05, 4.69) is 10.6 Å². The Labute approximate surface area is 146 Å². The van der Waals surface area contributed by atoms with E-state index in [0.717, 1.165) is 10.9 Å². The molecule has 0 aliphatic rings. The smallest absolute Gasteiger partial charge is 0.291 e. The Kier molecular flexibility index (Phi) is 4.57. The van der Waals surface area contributed by atoms with Crippen LogP contribution in [0.25, 0.3) is 11.0 Å². The van der Waals surface area contributed by atoms with Gasteiger partial charge in [0.2, 0.25) is 5.91 Å². The molecule has 3 rings (SSSR count). The van der Waals surface area contributed by atoms with E-state index in [0.29, 0.717) is 17.0 Å². The van der Waals surface area contributed by atoms with Gasteiger partial charge in [0, 0.05) is 22.7 Å². The Balaban J connectivity index is 1.81. The van der Waals surface area contributed by atoms with E-state index in [1.165, 1.54) is 0 Å². The zero-order chi connectivity index (χ0) is 18.0. The van der Waals surface area contributed by atoms with Gasteiger partial charge in [0.15, 0.2) is 5.76 Å². The first-order valence-electron chi connectivity index (χ1n) is 8.15. The molecule has 5 heteroatoms. The summed E-state index contributed by atoms with van der Waals surface area (Å²) in [5, 5.41) is 6.55. The molecule has 0 atom stereocenters. The first-order chi connectivity index (χ1) is 11.9. The first kappa shape index (κ1) is 16.8. The van der Waals surface area contributed by atoms with Gasteiger partial charge < -0.3 is 15.1 Å². The van der Waals surface area contributed by atoms with Crippen LogP contribution in [0, 0.1) is 12.8 Å². The molecule has 0 fully saturated rings. The monoisotopic (exact) mass is 336 g/mol. The molecule has 5 nitrogen and oxygen atoms in total. The van der Waals surface area contributed by atoms with Crippen molar-refractivity contribution in [3.8, 4) is 0 Å². The Morgan fingerprint density at radius 3 is 2.48 bits per heavy atom. The summed E-state index contributed by atoms with van der Waals surface area (Å²) < 4.78 is 5.59. The Morgan fingerprint density at radius 1 is 1.00 bits per heavy atom. The van der Waals surface area contributed by atoms with Crippen LogP contribution < -0.4 is 10.6 Å². The summed E-state index contributed by atoms with van der Waals surface area (Å²) in [4.78, 5) is 24.3. The summed E-state index contributed by atoms with van der Waals surface area (Å²) >= 11 is 0. The molecule has 0 spiro atoms. The van der Waals surface area contributed by atoms with Crippen molar-refractivity contribution in [2.75, 3.05) is 10.6 Å². The van der Waals surface area contributed by atoms with Gasteiger partial charge in [-0.15, -0.1) is 0 Å². The third kappa shape index (κ3) is 3.71.